The Morgan fingerprint density at radius 1 is 1.00 bits per heavy atom. The monoisotopic (exact) mass is 469 g/mol. The van der Waals surface area contributed by atoms with Gasteiger partial charge in [-0.25, -0.2) is 0 Å². The Morgan fingerprint density at radius 3 is 2.37 bits per heavy atom. The van der Waals surface area contributed by atoms with Crippen molar-refractivity contribution in [1.29, 1.82) is 0 Å². The number of anilines is 1. The van der Waals surface area contributed by atoms with Crippen LogP contribution in [-0.4, -0.2) is 27.2 Å². The number of hydrogen-bond acceptors (Lipinski definition) is 4. The normalized spacial score (nSPS) is 13.2. The molecule has 0 aromatic heterocycles. The second kappa shape index (κ2) is 8.19. The largest absolute Gasteiger partial charge is 0.496 e. The fourth-order valence-electron chi connectivity index (χ4n) is 3.98. The number of carbonyl (C=O) groups is 1. The van der Waals surface area contributed by atoms with Crippen LogP contribution in [0.3, 0.4) is 0 Å². The Hall–Kier alpha value is -2.73. The van der Waals surface area contributed by atoms with E-state index in [9.17, 15) is 4.79 Å². The predicted octanol–water partition coefficient (Wildman–Crippen LogP) is 6.07. The lowest BCUT2D eigenvalue weighted by Crippen LogP contribution is -2.15. The molecule has 3 aromatic rings. The van der Waals surface area contributed by atoms with Crippen molar-refractivity contribution in [3.05, 3.63) is 57.6 Å². The van der Waals surface area contributed by atoms with E-state index in [1.54, 1.807) is 21.3 Å². The number of hydrogen-bond donors (Lipinski definition) is 1. The van der Waals surface area contributed by atoms with E-state index in [2.05, 4.69) is 27.3 Å². The van der Waals surface area contributed by atoms with Crippen LogP contribution in [0.15, 0.2) is 40.9 Å². The van der Waals surface area contributed by atoms with Crippen LogP contribution in [0.2, 0.25) is 0 Å². The summed E-state index contributed by atoms with van der Waals surface area (Å²) in [4.78, 5) is 13.2. The fourth-order valence-corrected chi connectivity index (χ4v) is 4.47. The molecule has 4 rings (SSSR count). The number of carbonyl (C=O) groups excluding carboxylic acids is 1. The molecular formula is C24H24BrNO4. The number of amides is 1. The Labute approximate surface area is 184 Å². The molecule has 156 valence electrons. The molecule has 1 aliphatic rings. The molecule has 5 nitrogen and oxygen atoms in total. The van der Waals surface area contributed by atoms with Gasteiger partial charge in [0.05, 0.1) is 26.9 Å². The molecule has 3 aromatic carbocycles. The summed E-state index contributed by atoms with van der Waals surface area (Å²) in [6.45, 7) is 1.92. The number of rotatable bonds is 6. The maximum Gasteiger partial charge on any atom is 0.260 e. The predicted molar refractivity (Wildman–Crippen MR) is 122 cm³/mol. The summed E-state index contributed by atoms with van der Waals surface area (Å²) in [5.41, 5.74) is 3.23. The van der Waals surface area contributed by atoms with Crippen molar-refractivity contribution >= 4 is 38.3 Å². The van der Waals surface area contributed by atoms with Crippen LogP contribution in [0.5, 0.6) is 17.2 Å². The van der Waals surface area contributed by atoms with Gasteiger partial charge in [-0.3, -0.25) is 4.79 Å². The Kier molecular flexibility index (Phi) is 5.60. The summed E-state index contributed by atoms with van der Waals surface area (Å²) in [6, 6.07) is 11.6. The highest BCUT2D eigenvalue weighted by Crippen LogP contribution is 2.51. The zero-order chi connectivity index (χ0) is 21.4. The van der Waals surface area contributed by atoms with Crippen molar-refractivity contribution in [2.75, 3.05) is 26.6 Å². The zero-order valence-electron chi connectivity index (χ0n) is 17.5. The molecular weight excluding hydrogens is 446 g/mol. The average Bonchev–Trinajstić information content (AvgIpc) is 3.58. The van der Waals surface area contributed by atoms with Crippen LogP contribution in [0.4, 0.5) is 5.69 Å². The number of fused-ring (bicyclic) bond motifs is 1. The van der Waals surface area contributed by atoms with Crippen LogP contribution in [-0.2, 0) is 0 Å². The van der Waals surface area contributed by atoms with Crippen molar-refractivity contribution in [3.8, 4) is 17.2 Å². The number of aryl methyl sites for hydroxylation is 1. The lowest BCUT2D eigenvalue weighted by Gasteiger charge is -2.18. The summed E-state index contributed by atoms with van der Waals surface area (Å²) in [5, 5.41) is 5.07. The fraction of sp³-hybridized carbons (Fsp3) is 0.292. The summed E-state index contributed by atoms with van der Waals surface area (Å²) < 4.78 is 17.5. The van der Waals surface area contributed by atoms with Crippen LogP contribution in [0, 0.1) is 6.92 Å². The van der Waals surface area contributed by atoms with Gasteiger partial charge in [0.15, 0.2) is 11.5 Å². The zero-order valence-corrected chi connectivity index (χ0v) is 19.1. The standard InChI is InChI=1S/C24H24BrNO4/c1-13-8-11-17(25)21(22(13)29-3)24(27)26-18-7-5-6-15-16(18)12-19(28-2)23(30-4)20(15)14-9-10-14/h5-8,11-12,14H,9-10H2,1-4H3,(H,26,27). The number of halogens is 1. The third-order valence-corrected chi connectivity index (χ3v) is 6.19. The second-order valence-electron chi connectivity index (χ2n) is 7.43. The molecule has 6 heteroatoms. The second-order valence-corrected chi connectivity index (χ2v) is 8.28. The van der Waals surface area contributed by atoms with Gasteiger partial charge in [0, 0.05) is 21.1 Å². The lowest BCUT2D eigenvalue weighted by atomic mass is 9.97. The molecule has 30 heavy (non-hydrogen) atoms. The van der Waals surface area contributed by atoms with Gasteiger partial charge in [0.25, 0.3) is 5.91 Å². The lowest BCUT2D eigenvalue weighted by molar-refractivity contribution is 0.102. The molecule has 0 radical (unpaired) electrons. The number of benzene rings is 3. The highest BCUT2D eigenvalue weighted by molar-refractivity contribution is 9.10. The van der Waals surface area contributed by atoms with Gasteiger partial charge < -0.3 is 19.5 Å². The first-order valence-electron chi connectivity index (χ1n) is 9.82. The van der Waals surface area contributed by atoms with Gasteiger partial charge >= 0.3 is 0 Å². The first-order valence-corrected chi connectivity index (χ1v) is 10.6. The molecule has 0 heterocycles. The average molecular weight is 470 g/mol. The molecule has 1 N–H and O–H groups in total. The van der Waals surface area contributed by atoms with Crippen LogP contribution < -0.4 is 19.5 Å². The molecule has 0 unspecified atom stereocenters. The minimum Gasteiger partial charge on any atom is -0.496 e. The highest BCUT2D eigenvalue weighted by atomic mass is 79.9. The van der Waals surface area contributed by atoms with Crippen LogP contribution in [0.25, 0.3) is 10.8 Å². The van der Waals surface area contributed by atoms with Gasteiger partial charge in [-0.1, -0.05) is 18.2 Å². The van der Waals surface area contributed by atoms with Gasteiger partial charge in [-0.05, 0) is 70.8 Å². The Balaban J connectivity index is 1.84. The van der Waals surface area contributed by atoms with Gasteiger partial charge in [0.1, 0.15) is 5.75 Å². The Bertz CT molecular complexity index is 1140. The molecule has 0 bridgehead atoms. The van der Waals surface area contributed by atoms with E-state index < -0.39 is 0 Å². The van der Waals surface area contributed by atoms with Gasteiger partial charge in [-0.15, -0.1) is 0 Å². The molecule has 1 aliphatic carbocycles. The van der Waals surface area contributed by atoms with E-state index in [1.165, 1.54) is 0 Å². The minimum absolute atomic E-state index is 0.238. The van der Waals surface area contributed by atoms with E-state index in [1.807, 2.05) is 37.3 Å². The van der Waals surface area contributed by atoms with Crippen molar-refractivity contribution < 1.29 is 19.0 Å². The third kappa shape index (κ3) is 3.49. The summed E-state index contributed by atoms with van der Waals surface area (Å²) in [7, 11) is 4.88. The summed E-state index contributed by atoms with van der Waals surface area (Å²) in [5.74, 6) is 2.22. The molecule has 1 saturated carbocycles. The molecule has 0 atom stereocenters. The third-order valence-electron chi connectivity index (χ3n) is 5.53. The number of methoxy groups -OCH3 is 3. The van der Waals surface area contributed by atoms with Gasteiger partial charge in [0.2, 0.25) is 0 Å². The maximum absolute atomic E-state index is 13.2. The topological polar surface area (TPSA) is 56.8 Å². The molecule has 0 aliphatic heterocycles. The van der Waals surface area contributed by atoms with E-state index in [4.69, 9.17) is 14.2 Å². The molecule has 0 saturated heterocycles. The van der Waals surface area contributed by atoms with E-state index in [0.29, 0.717) is 27.5 Å². The SMILES string of the molecule is COc1cc2c(NC(=O)c3c(Br)ccc(C)c3OC)cccc2c(C2CC2)c1OC. The van der Waals surface area contributed by atoms with E-state index in [0.717, 1.165) is 46.2 Å². The minimum atomic E-state index is -0.238. The number of nitrogens with one attached hydrogen (secondary N) is 1. The molecule has 0 spiro atoms. The number of ether oxygens (including phenoxy) is 3. The highest BCUT2D eigenvalue weighted by Gasteiger charge is 2.31. The summed E-state index contributed by atoms with van der Waals surface area (Å²) >= 11 is 3.49. The van der Waals surface area contributed by atoms with Crippen molar-refractivity contribution in [3.63, 3.8) is 0 Å². The molecule has 1 fully saturated rings. The smallest absolute Gasteiger partial charge is 0.260 e. The molecule has 1 amide bonds. The first-order chi connectivity index (χ1) is 14.5. The van der Waals surface area contributed by atoms with Crippen LogP contribution >= 0.6 is 15.9 Å². The van der Waals surface area contributed by atoms with E-state index >= 15 is 0 Å². The van der Waals surface area contributed by atoms with Crippen molar-refractivity contribution in [2.45, 2.75) is 25.7 Å². The quantitative estimate of drug-likeness (QED) is 0.476. The van der Waals surface area contributed by atoms with Crippen molar-refractivity contribution in [2.24, 2.45) is 0 Å². The van der Waals surface area contributed by atoms with Gasteiger partial charge in [-0.2, -0.15) is 0 Å². The summed E-state index contributed by atoms with van der Waals surface area (Å²) in [6.07, 6.45) is 2.26. The maximum atomic E-state index is 13.2. The van der Waals surface area contributed by atoms with Crippen molar-refractivity contribution in [1.82, 2.24) is 0 Å². The Morgan fingerprint density at radius 2 is 1.73 bits per heavy atom. The van der Waals surface area contributed by atoms with Crippen LogP contribution in [0.1, 0.15) is 40.2 Å². The first kappa shape index (κ1) is 20.5. The van der Waals surface area contributed by atoms with E-state index in [-0.39, 0.29) is 5.91 Å².